The van der Waals surface area contributed by atoms with Gasteiger partial charge in [-0.1, -0.05) is 53.7 Å². The number of carbonyl (C=O) groups excluding carboxylic acids is 1. The Hall–Kier alpha value is -3.16. The fourth-order valence-corrected chi connectivity index (χ4v) is 3.88. The third-order valence-corrected chi connectivity index (χ3v) is 5.46. The summed E-state index contributed by atoms with van der Waals surface area (Å²) in [7, 11) is 0. The smallest absolute Gasteiger partial charge is 0.230 e. The van der Waals surface area contributed by atoms with Crippen molar-refractivity contribution < 1.29 is 4.79 Å². The lowest BCUT2D eigenvalue weighted by atomic mass is 10.2. The standard InChI is InChI=1S/C22H18ClN5OS/c23-18-6-4-5-16(13-18)14-25-20(29)15-30-22-27-26-21(17-9-11-24-12-10-17)28(22)19-7-2-1-3-8-19/h1-13H,14-15H2,(H,25,29). The fourth-order valence-electron chi connectivity index (χ4n) is 2.89. The maximum absolute atomic E-state index is 12.4. The van der Waals surface area contributed by atoms with E-state index in [2.05, 4.69) is 20.5 Å². The van der Waals surface area contributed by atoms with Crippen molar-refractivity contribution in [2.45, 2.75) is 11.7 Å². The lowest BCUT2D eigenvalue weighted by molar-refractivity contribution is -0.118. The fraction of sp³-hybridized carbons (Fsp3) is 0.0909. The zero-order valence-electron chi connectivity index (χ0n) is 15.9. The van der Waals surface area contributed by atoms with Crippen LogP contribution in [-0.4, -0.2) is 31.4 Å². The molecule has 0 unspecified atom stereocenters. The molecule has 4 rings (SSSR count). The van der Waals surface area contributed by atoms with Crippen LogP contribution in [0.4, 0.5) is 0 Å². The summed E-state index contributed by atoms with van der Waals surface area (Å²) < 4.78 is 1.95. The molecule has 0 fully saturated rings. The number of halogens is 1. The zero-order chi connectivity index (χ0) is 20.8. The van der Waals surface area contributed by atoms with Crippen molar-refractivity contribution in [1.29, 1.82) is 0 Å². The second-order valence-corrected chi connectivity index (χ2v) is 7.79. The maximum atomic E-state index is 12.4. The Bertz CT molecular complexity index is 1130. The highest BCUT2D eigenvalue weighted by Gasteiger charge is 2.17. The summed E-state index contributed by atoms with van der Waals surface area (Å²) in [6, 6.07) is 21.0. The van der Waals surface area contributed by atoms with E-state index in [0.29, 0.717) is 22.5 Å². The van der Waals surface area contributed by atoms with Gasteiger partial charge in [0.2, 0.25) is 5.91 Å². The molecule has 0 aliphatic carbocycles. The van der Waals surface area contributed by atoms with Crippen molar-refractivity contribution >= 4 is 29.3 Å². The summed E-state index contributed by atoms with van der Waals surface area (Å²) in [5, 5.41) is 12.9. The average molecular weight is 436 g/mol. The molecule has 2 aromatic heterocycles. The van der Waals surface area contributed by atoms with Crippen LogP contribution < -0.4 is 5.32 Å². The SMILES string of the molecule is O=C(CSc1nnc(-c2ccncc2)n1-c1ccccc1)NCc1cccc(Cl)c1. The van der Waals surface area contributed by atoms with E-state index in [1.165, 1.54) is 11.8 Å². The van der Waals surface area contributed by atoms with Gasteiger partial charge in [-0.05, 0) is 42.0 Å². The van der Waals surface area contributed by atoms with Gasteiger partial charge in [0.1, 0.15) is 0 Å². The van der Waals surface area contributed by atoms with Gasteiger partial charge in [0.05, 0.1) is 5.75 Å². The van der Waals surface area contributed by atoms with E-state index in [4.69, 9.17) is 11.6 Å². The molecule has 0 aliphatic rings. The Labute approximate surface area is 183 Å². The predicted molar refractivity (Wildman–Crippen MR) is 119 cm³/mol. The monoisotopic (exact) mass is 435 g/mol. The van der Waals surface area contributed by atoms with Crippen molar-refractivity contribution in [3.8, 4) is 17.1 Å². The number of hydrogen-bond acceptors (Lipinski definition) is 5. The molecule has 4 aromatic rings. The van der Waals surface area contributed by atoms with Gasteiger partial charge in [0, 0.05) is 35.2 Å². The second kappa shape index (κ2) is 9.56. The molecule has 0 atom stereocenters. The molecule has 6 nitrogen and oxygen atoms in total. The molecule has 2 heterocycles. The summed E-state index contributed by atoms with van der Waals surface area (Å²) in [5.74, 6) is 0.834. The molecule has 0 saturated heterocycles. The first-order chi connectivity index (χ1) is 14.7. The zero-order valence-corrected chi connectivity index (χ0v) is 17.5. The van der Waals surface area contributed by atoms with Gasteiger partial charge < -0.3 is 5.32 Å². The van der Waals surface area contributed by atoms with E-state index < -0.39 is 0 Å². The van der Waals surface area contributed by atoms with E-state index in [9.17, 15) is 4.79 Å². The van der Waals surface area contributed by atoms with Crippen LogP contribution >= 0.6 is 23.4 Å². The molecular weight excluding hydrogens is 418 g/mol. The molecule has 0 saturated carbocycles. The van der Waals surface area contributed by atoms with Crippen LogP contribution in [0, 0.1) is 0 Å². The molecule has 150 valence electrons. The van der Waals surface area contributed by atoms with Gasteiger partial charge in [-0.25, -0.2) is 0 Å². The number of benzene rings is 2. The Balaban J connectivity index is 1.50. The number of carbonyl (C=O) groups is 1. The average Bonchev–Trinajstić information content (AvgIpc) is 3.21. The number of rotatable bonds is 7. The van der Waals surface area contributed by atoms with E-state index in [-0.39, 0.29) is 11.7 Å². The minimum absolute atomic E-state index is 0.0898. The highest BCUT2D eigenvalue weighted by Crippen LogP contribution is 2.27. The number of pyridine rings is 1. The molecule has 1 amide bonds. The second-order valence-electron chi connectivity index (χ2n) is 6.41. The number of amides is 1. The molecule has 0 spiro atoms. The summed E-state index contributed by atoms with van der Waals surface area (Å²) in [4.78, 5) is 16.4. The van der Waals surface area contributed by atoms with Crippen molar-refractivity contribution in [1.82, 2.24) is 25.1 Å². The van der Waals surface area contributed by atoms with Crippen molar-refractivity contribution in [3.05, 3.63) is 89.7 Å². The molecule has 0 radical (unpaired) electrons. The van der Waals surface area contributed by atoms with Crippen LogP contribution in [0.3, 0.4) is 0 Å². The highest BCUT2D eigenvalue weighted by atomic mass is 35.5. The van der Waals surface area contributed by atoms with E-state index >= 15 is 0 Å². The van der Waals surface area contributed by atoms with E-state index in [1.54, 1.807) is 18.5 Å². The van der Waals surface area contributed by atoms with Gasteiger partial charge in [-0.2, -0.15) is 0 Å². The van der Waals surface area contributed by atoms with Crippen LogP contribution in [0.1, 0.15) is 5.56 Å². The first kappa shape index (κ1) is 20.1. The summed E-state index contributed by atoms with van der Waals surface area (Å²) in [6.07, 6.45) is 3.44. The molecule has 30 heavy (non-hydrogen) atoms. The van der Waals surface area contributed by atoms with Gasteiger partial charge in [0.25, 0.3) is 0 Å². The first-order valence-electron chi connectivity index (χ1n) is 9.26. The highest BCUT2D eigenvalue weighted by molar-refractivity contribution is 7.99. The van der Waals surface area contributed by atoms with Crippen LogP contribution in [0.15, 0.2) is 84.3 Å². The molecule has 0 bridgehead atoms. The predicted octanol–water partition coefficient (Wildman–Crippen LogP) is 4.39. The maximum Gasteiger partial charge on any atom is 0.230 e. The number of thioether (sulfide) groups is 1. The van der Waals surface area contributed by atoms with Crippen molar-refractivity contribution in [3.63, 3.8) is 0 Å². The van der Waals surface area contributed by atoms with Crippen LogP contribution in [0.5, 0.6) is 0 Å². The van der Waals surface area contributed by atoms with E-state index in [1.807, 2.05) is 65.2 Å². The van der Waals surface area contributed by atoms with Crippen molar-refractivity contribution in [2.75, 3.05) is 5.75 Å². The van der Waals surface area contributed by atoms with Crippen LogP contribution in [0.2, 0.25) is 5.02 Å². The Morgan fingerprint density at radius 3 is 2.57 bits per heavy atom. The van der Waals surface area contributed by atoms with Gasteiger partial charge in [0.15, 0.2) is 11.0 Å². The molecule has 0 aliphatic heterocycles. The number of nitrogens with zero attached hydrogens (tertiary/aromatic N) is 4. The van der Waals surface area contributed by atoms with Gasteiger partial charge in [-0.15, -0.1) is 10.2 Å². The summed E-state index contributed by atoms with van der Waals surface area (Å²) in [6.45, 7) is 0.424. The number of nitrogens with one attached hydrogen (secondary N) is 1. The van der Waals surface area contributed by atoms with Crippen molar-refractivity contribution in [2.24, 2.45) is 0 Å². The van der Waals surface area contributed by atoms with Gasteiger partial charge in [-0.3, -0.25) is 14.3 Å². The lowest BCUT2D eigenvalue weighted by Crippen LogP contribution is -2.24. The minimum Gasteiger partial charge on any atom is -0.351 e. The van der Waals surface area contributed by atoms with Gasteiger partial charge >= 0.3 is 0 Å². The Kier molecular flexibility index (Phi) is 6.41. The largest absolute Gasteiger partial charge is 0.351 e. The molecule has 2 aromatic carbocycles. The Morgan fingerprint density at radius 1 is 1.00 bits per heavy atom. The van der Waals surface area contributed by atoms with Crippen LogP contribution in [0.25, 0.3) is 17.1 Å². The minimum atomic E-state index is -0.0898. The normalized spacial score (nSPS) is 10.7. The molecular formula is C22H18ClN5OS. The summed E-state index contributed by atoms with van der Waals surface area (Å²) in [5.41, 5.74) is 2.78. The molecule has 8 heteroatoms. The lowest BCUT2D eigenvalue weighted by Gasteiger charge is -2.10. The molecule has 1 N–H and O–H groups in total. The number of aromatic nitrogens is 4. The summed E-state index contributed by atoms with van der Waals surface area (Å²) >= 11 is 7.33. The van der Waals surface area contributed by atoms with Crippen LogP contribution in [-0.2, 0) is 11.3 Å². The number of hydrogen-bond donors (Lipinski definition) is 1. The third kappa shape index (κ3) is 4.87. The third-order valence-electron chi connectivity index (χ3n) is 4.30. The number of para-hydroxylation sites is 1. The quantitative estimate of drug-likeness (QED) is 0.436. The topological polar surface area (TPSA) is 72.7 Å². The Morgan fingerprint density at radius 2 is 1.80 bits per heavy atom. The first-order valence-corrected chi connectivity index (χ1v) is 10.6. The van der Waals surface area contributed by atoms with E-state index in [0.717, 1.165) is 16.8 Å².